The first kappa shape index (κ1) is 14.3. The zero-order chi connectivity index (χ0) is 14.9. The molecule has 0 fully saturated rings. The van der Waals surface area contributed by atoms with E-state index in [1.165, 1.54) is 24.3 Å². The number of carbonyl (C=O) groups is 1. The van der Waals surface area contributed by atoms with Crippen molar-refractivity contribution in [2.75, 3.05) is 11.1 Å². The van der Waals surface area contributed by atoms with E-state index in [4.69, 9.17) is 10.8 Å². The van der Waals surface area contributed by atoms with Gasteiger partial charge in [0.25, 0.3) is 0 Å². The fraction of sp³-hybridized carbons (Fsp3) is 0. The first-order valence-corrected chi connectivity index (χ1v) is 6.22. The van der Waals surface area contributed by atoms with Gasteiger partial charge in [-0.25, -0.2) is 13.6 Å². The molecule has 0 saturated carbocycles. The number of halogens is 3. The van der Waals surface area contributed by atoms with Gasteiger partial charge in [0.15, 0.2) is 0 Å². The van der Waals surface area contributed by atoms with Crippen LogP contribution < -0.4 is 11.1 Å². The molecule has 0 bridgehead atoms. The second-order valence-corrected chi connectivity index (χ2v) is 4.84. The van der Waals surface area contributed by atoms with Crippen molar-refractivity contribution in [1.82, 2.24) is 0 Å². The van der Waals surface area contributed by atoms with Crippen molar-refractivity contribution in [3.63, 3.8) is 0 Å². The summed E-state index contributed by atoms with van der Waals surface area (Å²) in [5.41, 5.74) is 5.88. The third kappa shape index (κ3) is 2.88. The van der Waals surface area contributed by atoms with E-state index >= 15 is 0 Å². The lowest BCUT2D eigenvalue weighted by Gasteiger charge is -2.12. The third-order valence-electron chi connectivity index (χ3n) is 2.55. The molecule has 0 aromatic heterocycles. The number of anilines is 3. The van der Waals surface area contributed by atoms with Crippen molar-refractivity contribution in [3.8, 4) is 0 Å². The number of hydrogen-bond donors (Lipinski definition) is 3. The molecule has 0 aliphatic heterocycles. The number of nitrogens with one attached hydrogen (secondary N) is 1. The highest BCUT2D eigenvalue weighted by Gasteiger charge is 2.14. The number of rotatable bonds is 3. The van der Waals surface area contributed by atoms with E-state index in [2.05, 4.69) is 21.2 Å². The van der Waals surface area contributed by atoms with Crippen molar-refractivity contribution in [3.05, 3.63) is 52.0 Å². The summed E-state index contributed by atoms with van der Waals surface area (Å²) in [6.45, 7) is 0. The molecule has 0 spiro atoms. The molecule has 0 amide bonds. The molecule has 0 radical (unpaired) electrons. The molecule has 2 aromatic carbocycles. The first-order valence-electron chi connectivity index (χ1n) is 5.43. The number of hydrogen-bond acceptors (Lipinski definition) is 3. The van der Waals surface area contributed by atoms with E-state index in [1.807, 2.05) is 0 Å². The quantitative estimate of drug-likeness (QED) is 0.586. The smallest absolute Gasteiger partial charge is 0.337 e. The second-order valence-electron chi connectivity index (χ2n) is 3.98. The van der Waals surface area contributed by atoms with Crippen LogP contribution >= 0.6 is 15.9 Å². The maximum absolute atomic E-state index is 13.6. The van der Waals surface area contributed by atoms with Crippen LogP contribution in [0.4, 0.5) is 25.8 Å². The van der Waals surface area contributed by atoms with Crippen LogP contribution in [-0.2, 0) is 0 Å². The van der Waals surface area contributed by atoms with E-state index in [-0.39, 0.29) is 21.4 Å². The second kappa shape index (κ2) is 5.46. The predicted octanol–water partition coefficient (Wildman–Crippen LogP) is 3.75. The van der Waals surface area contributed by atoms with Crippen molar-refractivity contribution in [1.29, 1.82) is 0 Å². The van der Waals surface area contributed by atoms with Crippen LogP contribution in [0, 0.1) is 11.6 Å². The van der Waals surface area contributed by atoms with Gasteiger partial charge in [-0.1, -0.05) is 0 Å². The molecule has 0 unspecified atom stereocenters. The van der Waals surface area contributed by atoms with Crippen LogP contribution in [0.1, 0.15) is 10.4 Å². The van der Waals surface area contributed by atoms with Crippen LogP contribution in [0.2, 0.25) is 0 Å². The Morgan fingerprint density at radius 3 is 2.50 bits per heavy atom. The van der Waals surface area contributed by atoms with Crippen LogP contribution in [0.15, 0.2) is 34.8 Å². The predicted molar refractivity (Wildman–Crippen MR) is 75.2 cm³/mol. The molecule has 0 heterocycles. The van der Waals surface area contributed by atoms with Crippen molar-refractivity contribution in [2.45, 2.75) is 0 Å². The lowest BCUT2D eigenvalue weighted by molar-refractivity contribution is 0.0698. The van der Waals surface area contributed by atoms with E-state index in [0.717, 1.165) is 0 Å². The Morgan fingerprint density at radius 1 is 1.15 bits per heavy atom. The van der Waals surface area contributed by atoms with E-state index in [1.54, 1.807) is 0 Å². The molecule has 0 aliphatic carbocycles. The first-order chi connectivity index (χ1) is 9.38. The van der Waals surface area contributed by atoms with Gasteiger partial charge in [-0.2, -0.15) is 0 Å². The lowest BCUT2D eigenvalue weighted by Crippen LogP contribution is -2.05. The largest absolute Gasteiger partial charge is 0.478 e. The summed E-state index contributed by atoms with van der Waals surface area (Å²) in [7, 11) is 0. The summed E-state index contributed by atoms with van der Waals surface area (Å²) in [4.78, 5) is 11.1. The normalized spacial score (nSPS) is 10.3. The molecule has 0 saturated heterocycles. The van der Waals surface area contributed by atoms with Gasteiger partial charge in [0, 0.05) is 11.8 Å². The molecule has 0 atom stereocenters. The van der Waals surface area contributed by atoms with Gasteiger partial charge < -0.3 is 16.2 Å². The fourth-order valence-electron chi connectivity index (χ4n) is 1.62. The molecule has 4 N–H and O–H groups in total. The SMILES string of the molecule is Nc1ccc(C(=O)O)c(Nc2cc(Br)c(F)cc2F)c1. The van der Waals surface area contributed by atoms with Gasteiger partial charge >= 0.3 is 5.97 Å². The summed E-state index contributed by atoms with van der Waals surface area (Å²) in [6, 6.07) is 5.96. The van der Waals surface area contributed by atoms with Crippen molar-refractivity contribution < 1.29 is 18.7 Å². The summed E-state index contributed by atoms with van der Waals surface area (Å²) in [6.07, 6.45) is 0. The molecule has 7 heteroatoms. The molecule has 0 aliphatic rings. The average Bonchev–Trinajstić information content (AvgIpc) is 2.35. The van der Waals surface area contributed by atoms with Gasteiger partial charge in [-0.05, 0) is 40.2 Å². The molecule has 2 rings (SSSR count). The highest BCUT2D eigenvalue weighted by Crippen LogP contribution is 2.29. The summed E-state index contributed by atoms with van der Waals surface area (Å²) >= 11 is 2.93. The zero-order valence-corrected chi connectivity index (χ0v) is 11.5. The van der Waals surface area contributed by atoms with Gasteiger partial charge in [0.05, 0.1) is 21.4 Å². The van der Waals surface area contributed by atoms with E-state index in [0.29, 0.717) is 11.8 Å². The lowest BCUT2D eigenvalue weighted by atomic mass is 10.1. The fourth-order valence-corrected chi connectivity index (χ4v) is 1.96. The highest BCUT2D eigenvalue weighted by atomic mass is 79.9. The van der Waals surface area contributed by atoms with E-state index in [9.17, 15) is 13.6 Å². The molecule has 20 heavy (non-hydrogen) atoms. The van der Waals surface area contributed by atoms with Crippen LogP contribution in [-0.4, -0.2) is 11.1 Å². The number of nitrogens with two attached hydrogens (primary N) is 1. The van der Waals surface area contributed by atoms with Crippen LogP contribution in [0.5, 0.6) is 0 Å². The number of aromatic carboxylic acids is 1. The molecule has 104 valence electrons. The van der Waals surface area contributed by atoms with Gasteiger partial charge in [0.1, 0.15) is 11.6 Å². The summed E-state index contributed by atoms with van der Waals surface area (Å²) in [5, 5.41) is 11.7. The maximum atomic E-state index is 13.6. The van der Waals surface area contributed by atoms with Gasteiger partial charge in [-0.3, -0.25) is 0 Å². The standard InChI is InChI=1S/C13H9BrF2N2O2/c14-8-4-12(10(16)5-9(8)15)18-11-3-6(17)1-2-7(11)13(19)20/h1-5,18H,17H2,(H,19,20). The third-order valence-corrected chi connectivity index (χ3v) is 3.16. The number of nitrogen functional groups attached to an aromatic ring is 1. The number of benzene rings is 2. The minimum atomic E-state index is -1.19. The minimum Gasteiger partial charge on any atom is -0.478 e. The summed E-state index contributed by atoms with van der Waals surface area (Å²) < 4.78 is 26.8. The number of carboxylic acids is 1. The number of carboxylic acid groups (broad SMARTS) is 1. The Kier molecular flexibility index (Phi) is 3.89. The van der Waals surface area contributed by atoms with Gasteiger partial charge in [0.2, 0.25) is 0 Å². The maximum Gasteiger partial charge on any atom is 0.337 e. The molecular formula is C13H9BrF2N2O2. The Balaban J connectivity index is 2.47. The Hall–Kier alpha value is -2.15. The Morgan fingerprint density at radius 2 is 1.85 bits per heavy atom. The Labute approximate surface area is 121 Å². The molecular weight excluding hydrogens is 334 g/mol. The van der Waals surface area contributed by atoms with Crippen molar-refractivity contribution >= 4 is 39.0 Å². The average molecular weight is 343 g/mol. The van der Waals surface area contributed by atoms with Crippen LogP contribution in [0.3, 0.4) is 0 Å². The monoisotopic (exact) mass is 342 g/mol. The molecule has 4 nitrogen and oxygen atoms in total. The summed E-state index contributed by atoms with van der Waals surface area (Å²) in [5.74, 6) is -2.78. The molecule has 2 aromatic rings. The Bertz CT molecular complexity index is 692. The van der Waals surface area contributed by atoms with Gasteiger partial charge in [-0.15, -0.1) is 0 Å². The van der Waals surface area contributed by atoms with Crippen LogP contribution in [0.25, 0.3) is 0 Å². The zero-order valence-electron chi connectivity index (χ0n) is 9.95. The topological polar surface area (TPSA) is 75.4 Å². The highest BCUT2D eigenvalue weighted by molar-refractivity contribution is 9.10. The minimum absolute atomic E-state index is 0.0576. The van der Waals surface area contributed by atoms with Crippen molar-refractivity contribution in [2.24, 2.45) is 0 Å². The van der Waals surface area contributed by atoms with E-state index < -0.39 is 17.6 Å².